The smallest absolute Gasteiger partial charge is 0.416 e. The second-order valence-corrected chi connectivity index (χ2v) is 12.1. The molecule has 0 heterocycles. The number of carbonyl (C=O) groups is 6. The highest BCUT2D eigenvalue weighted by Crippen LogP contribution is 2.29. The molecule has 0 radical (unpaired) electrons. The van der Waals surface area contributed by atoms with E-state index in [1.807, 2.05) is 37.3 Å². The van der Waals surface area contributed by atoms with Crippen LogP contribution in [0, 0.1) is 6.92 Å². The Morgan fingerprint density at radius 2 is 1.00 bits per heavy atom. The zero-order chi connectivity index (χ0) is 45.4. The molecule has 14 nitrogen and oxygen atoms in total. The number of para-hydroxylation sites is 1. The van der Waals surface area contributed by atoms with E-state index in [9.17, 15) is 41.9 Å². The van der Waals surface area contributed by atoms with E-state index in [-0.39, 0.29) is 31.2 Å². The van der Waals surface area contributed by atoms with Gasteiger partial charge in [-0.2, -0.15) is 13.2 Å². The van der Waals surface area contributed by atoms with E-state index in [1.165, 1.54) is 18.2 Å². The van der Waals surface area contributed by atoms with Gasteiger partial charge < -0.3 is 40.5 Å². The summed E-state index contributed by atoms with van der Waals surface area (Å²) in [5, 5.41) is 59.8. The van der Waals surface area contributed by atoms with E-state index >= 15 is 0 Å². The first kappa shape index (κ1) is 50.3. The van der Waals surface area contributed by atoms with Crippen molar-refractivity contribution >= 4 is 35.6 Å². The Bertz CT molecular complexity index is 2170. The molecule has 0 amide bonds. The predicted molar refractivity (Wildman–Crippen MR) is 209 cm³/mol. The van der Waals surface area contributed by atoms with Crippen molar-refractivity contribution in [2.45, 2.75) is 38.8 Å². The minimum atomic E-state index is -4.37. The SMILES string of the molecule is COc1cccc(CC(=O)O)c1.Cc1ccc(CC(=O)O)cc1.O=C(O)C(=O)Cc1ccccc1.O=C(O)Cc1ccc(C(F)(F)F)cc1.O=C(O)c1cccc(O)c1O. The van der Waals surface area contributed by atoms with Gasteiger partial charge in [0.15, 0.2) is 11.5 Å². The van der Waals surface area contributed by atoms with Gasteiger partial charge in [-0.1, -0.05) is 90.5 Å². The number of methoxy groups -OCH3 is 1. The number of ketones is 1. The molecule has 0 unspecified atom stereocenters. The Kier molecular flexibility index (Phi) is 21.4. The molecule has 60 heavy (non-hydrogen) atoms. The van der Waals surface area contributed by atoms with Crippen LogP contribution in [0.1, 0.15) is 43.7 Å². The summed E-state index contributed by atoms with van der Waals surface area (Å²) in [6.45, 7) is 1.98. The Labute approximate surface area is 341 Å². The predicted octanol–water partition coefficient (Wildman–Crippen LogP) is 6.96. The molecule has 17 heteroatoms. The molecule has 0 aliphatic heterocycles. The van der Waals surface area contributed by atoms with Gasteiger partial charge in [0.1, 0.15) is 11.3 Å². The number of hydrogen-bond acceptors (Lipinski definition) is 9. The number of benzene rings is 5. The maximum absolute atomic E-state index is 12.1. The summed E-state index contributed by atoms with van der Waals surface area (Å²) in [6.07, 6.45) is -4.52. The van der Waals surface area contributed by atoms with Gasteiger partial charge in [0, 0.05) is 6.42 Å². The van der Waals surface area contributed by atoms with Crippen molar-refractivity contribution in [2.24, 2.45) is 0 Å². The van der Waals surface area contributed by atoms with Gasteiger partial charge in [-0.3, -0.25) is 19.2 Å². The van der Waals surface area contributed by atoms with Crippen LogP contribution in [0.25, 0.3) is 0 Å². The lowest BCUT2D eigenvalue weighted by atomic mass is 10.1. The lowest BCUT2D eigenvalue weighted by Gasteiger charge is -2.06. The van der Waals surface area contributed by atoms with Gasteiger partial charge in [0.2, 0.25) is 5.78 Å². The average Bonchev–Trinajstić information content (AvgIpc) is 3.17. The number of aromatic carboxylic acids is 1. The van der Waals surface area contributed by atoms with Crippen LogP contribution in [0.4, 0.5) is 13.2 Å². The number of aromatic hydroxyl groups is 2. The van der Waals surface area contributed by atoms with Crippen LogP contribution < -0.4 is 4.74 Å². The highest BCUT2D eigenvalue weighted by molar-refractivity contribution is 6.33. The van der Waals surface area contributed by atoms with Crippen LogP contribution in [-0.4, -0.2) is 78.5 Å². The van der Waals surface area contributed by atoms with Crippen molar-refractivity contribution in [3.63, 3.8) is 0 Å². The average molecular weight is 839 g/mol. The lowest BCUT2D eigenvalue weighted by Crippen LogP contribution is -2.14. The summed E-state index contributed by atoms with van der Waals surface area (Å²) in [6, 6.07) is 31.2. The summed E-state index contributed by atoms with van der Waals surface area (Å²) in [4.78, 5) is 62.0. The first-order valence-electron chi connectivity index (χ1n) is 17.2. The van der Waals surface area contributed by atoms with Crippen LogP contribution in [0.15, 0.2) is 121 Å². The minimum absolute atomic E-state index is 0.0316. The van der Waals surface area contributed by atoms with Gasteiger partial charge in [0.05, 0.1) is 31.9 Å². The van der Waals surface area contributed by atoms with Crippen LogP contribution >= 0.6 is 0 Å². The number of aliphatic carboxylic acids is 4. The molecule has 0 saturated carbocycles. The van der Waals surface area contributed by atoms with Crippen molar-refractivity contribution in [2.75, 3.05) is 7.11 Å². The van der Waals surface area contributed by atoms with Gasteiger partial charge in [0.25, 0.3) is 0 Å². The molecule has 7 N–H and O–H groups in total. The summed E-state index contributed by atoms with van der Waals surface area (Å²) >= 11 is 0. The van der Waals surface area contributed by atoms with E-state index in [2.05, 4.69) is 0 Å². The summed E-state index contributed by atoms with van der Waals surface area (Å²) < 4.78 is 41.1. The number of ether oxygens (including phenoxy) is 1. The minimum Gasteiger partial charge on any atom is -0.504 e. The van der Waals surface area contributed by atoms with Crippen molar-refractivity contribution in [3.8, 4) is 17.2 Å². The van der Waals surface area contributed by atoms with Gasteiger partial charge >= 0.3 is 36.0 Å². The lowest BCUT2D eigenvalue weighted by molar-refractivity contribution is -0.148. The Balaban J connectivity index is 0.000000376. The molecule has 0 bridgehead atoms. The normalized spacial score (nSPS) is 9.88. The Morgan fingerprint density at radius 3 is 1.43 bits per heavy atom. The molecule has 5 aromatic rings. The zero-order valence-electron chi connectivity index (χ0n) is 32.0. The fraction of sp³-hybridized carbons (Fsp3) is 0.163. The number of aryl methyl sites for hydroxylation is 1. The molecule has 0 aliphatic carbocycles. The highest BCUT2D eigenvalue weighted by atomic mass is 19.4. The first-order chi connectivity index (χ1) is 28.1. The van der Waals surface area contributed by atoms with Crippen LogP contribution in [0.2, 0.25) is 0 Å². The van der Waals surface area contributed by atoms with Crippen molar-refractivity contribution in [1.29, 1.82) is 0 Å². The van der Waals surface area contributed by atoms with E-state index in [0.717, 1.165) is 46.5 Å². The van der Waals surface area contributed by atoms with Crippen molar-refractivity contribution < 1.29 is 82.4 Å². The molecule has 0 aromatic heterocycles. The number of phenols is 2. The molecule has 5 rings (SSSR count). The molecule has 0 atom stereocenters. The second kappa shape index (κ2) is 25.5. The largest absolute Gasteiger partial charge is 0.504 e. The third kappa shape index (κ3) is 21.0. The number of carboxylic acid groups (broad SMARTS) is 5. The maximum atomic E-state index is 12.1. The molecule has 0 saturated heterocycles. The van der Waals surface area contributed by atoms with E-state index in [0.29, 0.717) is 11.3 Å². The summed E-state index contributed by atoms with van der Waals surface area (Å²) in [5.74, 6) is -6.43. The highest BCUT2D eigenvalue weighted by Gasteiger charge is 2.30. The van der Waals surface area contributed by atoms with Crippen LogP contribution in [0.5, 0.6) is 17.2 Å². The maximum Gasteiger partial charge on any atom is 0.416 e. The first-order valence-corrected chi connectivity index (χ1v) is 17.2. The topological polar surface area (TPSA) is 253 Å². The number of rotatable bonds is 11. The van der Waals surface area contributed by atoms with Gasteiger partial charge in [-0.25, -0.2) is 9.59 Å². The zero-order valence-corrected chi connectivity index (χ0v) is 32.0. The fourth-order valence-corrected chi connectivity index (χ4v) is 4.38. The number of hydrogen-bond donors (Lipinski definition) is 7. The standard InChI is InChI=1S/C9H7F3O2.C9H10O3.C9H8O3.C9H10O2.C7H6O4/c10-9(11,12)7-3-1-6(2-4-7)5-8(13)14;1-12-8-4-2-3-7(5-8)6-9(10)11;10-8(9(11)12)6-7-4-2-1-3-5-7;1-7-2-4-8(5-3-7)6-9(10)11;8-5-3-1-2-4(6(5)9)7(10)11/h1-4H,5H2,(H,13,14);2-5H,6H2,1H3,(H,10,11);1-5H,6H2,(H,11,12);2-5H,6H2,1H3,(H,10,11);1-3,8-9H,(H,10,11). The van der Waals surface area contributed by atoms with Gasteiger partial charge in [-0.15, -0.1) is 0 Å². The summed E-state index contributed by atoms with van der Waals surface area (Å²) in [7, 11) is 1.56. The monoisotopic (exact) mass is 838 g/mol. The van der Waals surface area contributed by atoms with E-state index in [1.54, 1.807) is 55.6 Å². The molecule has 0 spiro atoms. The second-order valence-electron chi connectivity index (χ2n) is 12.1. The molecule has 0 aliphatic rings. The number of carboxylic acids is 5. The number of carbonyl (C=O) groups excluding carboxylic acids is 1. The molecule has 0 fully saturated rings. The third-order valence-electron chi connectivity index (χ3n) is 7.29. The molecular weight excluding hydrogens is 797 g/mol. The number of Topliss-reactive ketones (excluding diaryl/α,β-unsaturated/α-hetero) is 1. The van der Waals surface area contributed by atoms with Crippen molar-refractivity contribution in [1.82, 2.24) is 0 Å². The van der Waals surface area contributed by atoms with Crippen LogP contribution in [0.3, 0.4) is 0 Å². The fourth-order valence-electron chi connectivity index (χ4n) is 4.38. The Morgan fingerprint density at radius 1 is 0.550 bits per heavy atom. The Hall–Kier alpha value is -7.69. The number of phenolic OH excluding ortho intramolecular Hbond substituents is 1. The van der Waals surface area contributed by atoms with Crippen LogP contribution in [-0.2, 0) is 55.8 Å². The van der Waals surface area contributed by atoms with E-state index in [4.69, 9.17) is 40.5 Å². The molecular formula is C43H41F3O14. The number of alkyl halides is 3. The summed E-state index contributed by atoms with van der Waals surface area (Å²) in [5.41, 5.74) is 2.76. The van der Waals surface area contributed by atoms with Gasteiger partial charge in [-0.05, 0) is 65.6 Å². The quantitative estimate of drug-likeness (QED) is 0.0525. The molecule has 318 valence electrons. The van der Waals surface area contributed by atoms with E-state index < -0.39 is 58.9 Å². The molecule has 5 aromatic carbocycles. The number of halogens is 3. The third-order valence-corrected chi connectivity index (χ3v) is 7.29. The van der Waals surface area contributed by atoms with Crippen molar-refractivity contribution in [3.05, 3.63) is 160 Å².